The highest BCUT2D eigenvalue weighted by molar-refractivity contribution is 7.18. The number of piperidine rings is 2. The molecule has 0 bridgehead atoms. The van der Waals surface area contributed by atoms with E-state index in [0.29, 0.717) is 11.6 Å². The summed E-state index contributed by atoms with van der Waals surface area (Å²) in [5.74, 6) is -0.286. The van der Waals surface area contributed by atoms with Crippen LogP contribution >= 0.6 is 11.3 Å². The topological polar surface area (TPSA) is 74.5 Å². The SMILES string of the molecule is N#Cc1ccc(-c2nnc(N3CCC(N4CCC5(CC4)OCCO5)CC3)s2)cc1. The van der Waals surface area contributed by atoms with E-state index in [1.807, 2.05) is 24.3 Å². The number of hydrogen-bond acceptors (Lipinski definition) is 8. The van der Waals surface area contributed by atoms with Crippen molar-refractivity contribution in [1.29, 1.82) is 5.26 Å². The lowest BCUT2D eigenvalue weighted by molar-refractivity contribution is -0.188. The highest BCUT2D eigenvalue weighted by atomic mass is 32.1. The van der Waals surface area contributed by atoms with Crippen molar-refractivity contribution in [2.75, 3.05) is 44.3 Å². The van der Waals surface area contributed by atoms with Gasteiger partial charge < -0.3 is 14.4 Å². The van der Waals surface area contributed by atoms with E-state index in [9.17, 15) is 0 Å². The van der Waals surface area contributed by atoms with Crippen molar-refractivity contribution in [3.05, 3.63) is 29.8 Å². The quantitative estimate of drug-likeness (QED) is 0.769. The molecule has 0 amide bonds. The monoisotopic (exact) mass is 411 g/mol. The minimum absolute atomic E-state index is 0.286. The molecular formula is C21H25N5O2S. The molecule has 0 atom stereocenters. The fourth-order valence-corrected chi connectivity index (χ4v) is 5.49. The second-order valence-electron chi connectivity index (χ2n) is 7.94. The van der Waals surface area contributed by atoms with Gasteiger partial charge in [-0.25, -0.2) is 0 Å². The van der Waals surface area contributed by atoms with E-state index in [0.717, 1.165) is 80.8 Å². The maximum absolute atomic E-state index is 8.94. The van der Waals surface area contributed by atoms with Crippen LogP contribution in [0.2, 0.25) is 0 Å². The van der Waals surface area contributed by atoms with E-state index in [2.05, 4.69) is 26.1 Å². The predicted molar refractivity (Wildman–Crippen MR) is 111 cm³/mol. The van der Waals surface area contributed by atoms with Gasteiger partial charge in [-0.1, -0.05) is 23.5 Å². The maximum atomic E-state index is 8.94. The first-order valence-corrected chi connectivity index (χ1v) is 11.2. The Labute approximate surface area is 174 Å². The number of nitrogens with zero attached hydrogens (tertiary/aromatic N) is 5. The summed E-state index contributed by atoms with van der Waals surface area (Å²) in [6.45, 7) is 5.64. The molecule has 1 spiro atoms. The van der Waals surface area contributed by atoms with Crippen LogP contribution in [0.25, 0.3) is 10.6 Å². The summed E-state index contributed by atoms with van der Waals surface area (Å²) in [6.07, 6.45) is 4.27. The van der Waals surface area contributed by atoms with Crippen molar-refractivity contribution in [2.45, 2.75) is 37.5 Å². The van der Waals surface area contributed by atoms with E-state index in [1.54, 1.807) is 11.3 Å². The summed E-state index contributed by atoms with van der Waals surface area (Å²) in [7, 11) is 0. The number of benzene rings is 1. The Bertz CT molecular complexity index is 869. The molecule has 0 aliphatic carbocycles. The lowest BCUT2D eigenvalue weighted by Crippen LogP contribution is -2.52. The van der Waals surface area contributed by atoms with Gasteiger partial charge in [0.2, 0.25) is 5.13 Å². The van der Waals surface area contributed by atoms with Gasteiger partial charge in [0.05, 0.1) is 24.8 Å². The van der Waals surface area contributed by atoms with Crippen LogP contribution < -0.4 is 4.90 Å². The third-order valence-corrected chi connectivity index (χ3v) is 7.33. The Morgan fingerprint density at radius 2 is 1.69 bits per heavy atom. The van der Waals surface area contributed by atoms with Crippen LogP contribution in [0, 0.1) is 11.3 Å². The molecule has 5 rings (SSSR count). The second kappa shape index (κ2) is 8.00. The van der Waals surface area contributed by atoms with E-state index < -0.39 is 0 Å². The van der Waals surface area contributed by atoms with Crippen LogP contribution in [0.4, 0.5) is 5.13 Å². The first-order valence-electron chi connectivity index (χ1n) is 10.4. The summed E-state index contributed by atoms with van der Waals surface area (Å²) in [5, 5.41) is 19.6. The minimum atomic E-state index is -0.286. The van der Waals surface area contributed by atoms with Gasteiger partial charge in [0.25, 0.3) is 0 Å². The number of hydrogen-bond donors (Lipinski definition) is 0. The van der Waals surface area contributed by atoms with Crippen LogP contribution in [0.5, 0.6) is 0 Å². The number of anilines is 1. The smallest absolute Gasteiger partial charge is 0.208 e. The van der Waals surface area contributed by atoms with Crippen LogP contribution in [-0.4, -0.2) is 66.3 Å². The first-order chi connectivity index (χ1) is 14.2. The van der Waals surface area contributed by atoms with Crippen LogP contribution in [0.3, 0.4) is 0 Å². The molecule has 2 aromatic rings. The molecule has 152 valence electrons. The maximum Gasteiger partial charge on any atom is 0.208 e. The molecule has 3 aliphatic heterocycles. The summed E-state index contributed by atoms with van der Waals surface area (Å²) in [5.41, 5.74) is 1.68. The van der Waals surface area contributed by atoms with Crippen LogP contribution in [0.1, 0.15) is 31.2 Å². The van der Waals surface area contributed by atoms with Crippen molar-refractivity contribution < 1.29 is 9.47 Å². The fourth-order valence-electron chi connectivity index (χ4n) is 4.59. The molecule has 0 saturated carbocycles. The normalized spacial score (nSPS) is 22.8. The number of likely N-dealkylation sites (tertiary alicyclic amines) is 1. The highest BCUT2D eigenvalue weighted by Gasteiger charge is 2.41. The molecule has 29 heavy (non-hydrogen) atoms. The van der Waals surface area contributed by atoms with Crippen molar-refractivity contribution >= 4 is 16.5 Å². The number of rotatable bonds is 3. The zero-order valence-corrected chi connectivity index (χ0v) is 17.2. The first kappa shape index (κ1) is 18.9. The largest absolute Gasteiger partial charge is 0.347 e. The van der Waals surface area contributed by atoms with Gasteiger partial charge in [0.15, 0.2) is 5.79 Å². The van der Waals surface area contributed by atoms with E-state index in [4.69, 9.17) is 14.7 Å². The molecule has 7 nitrogen and oxygen atoms in total. The Balaban J connectivity index is 1.16. The predicted octanol–water partition coefficient (Wildman–Crippen LogP) is 2.88. The summed E-state index contributed by atoms with van der Waals surface area (Å²) < 4.78 is 11.7. The van der Waals surface area contributed by atoms with Crippen molar-refractivity contribution in [3.63, 3.8) is 0 Å². The number of nitriles is 1. The lowest BCUT2D eigenvalue weighted by atomic mass is 9.97. The fraction of sp³-hybridized carbons (Fsp3) is 0.571. The van der Waals surface area contributed by atoms with Gasteiger partial charge in [-0.15, -0.1) is 10.2 Å². The second-order valence-corrected chi connectivity index (χ2v) is 8.90. The third-order valence-electron chi connectivity index (χ3n) is 6.30. The zero-order valence-electron chi connectivity index (χ0n) is 16.4. The van der Waals surface area contributed by atoms with Gasteiger partial charge in [-0.3, -0.25) is 4.90 Å². The molecule has 1 aromatic carbocycles. The summed E-state index contributed by atoms with van der Waals surface area (Å²) in [4.78, 5) is 4.98. The van der Waals surface area contributed by atoms with Gasteiger partial charge in [0.1, 0.15) is 5.01 Å². The van der Waals surface area contributed by atoms with E-state index in [1.165, 1.54) is 0 Å². The van der Waals surface area contributed by atoms with Crippen molar-refractivity contribution in [2.24, 2.45) is 0 Å². The van der Waals surface area contributed by atoms with Crippen molar-refractivity contribution in [1.82, 2.24) is 15.1 Å². The Morgan fingerprint density at radius 3 is 2.34 bits per heavy atom. The molecule has 0 unspecified atom stereocenters. The van der Waals surface area contributed by atoms with E-state index >= 15 is 0 Å². The average molecular weight is 412 g/mol. The zero-order chi connectivity index (χ0) is 19.7. The van der Waals surface area contributed by atoms with Gasteiger partial charge >= 0.3 is 0 Å². The molecule has 0 radical (unpaired) electrons. The molecule has 0 N–H and O–H groups in total. The van der Waals surface area contributed by atoms with Gasteiger partial charge in [0, 0.05) is 50.6 Å². The Kier molecular flexibility index (Phi) is 5.22. The average Bonchev–Trinajstić information content (AvgIpc) is 3.45. The molecule has 1 aromatic heterocycles. The Morgan fingerprint density at radius 1 is 1.00 bits per heavy atom. The number of aromatic nitrogens is 2. The van der Waals surface area contributed by atoms with Crippen LogP contribution in [-0.2, 0) is 9.47 Å². The summed E-state index contributed by atoms with van der Waals surface area (Å²) >= 11 is 1.63. The van der Waals surface area contributed by atoms with Gasteiger partial charge in [-0.2, -0.15) is 5.26 Å². The van der Waals surface area contributed by atoms with E-state index in [-0.39, 0.29) is 5.79 Å². The molecule has 3 fully saturated rings. The number of ether oxygens (including phenoxy) is 2. The highest BCUT2D eigenvalue weighted by Crippen LogP contribution is 2.35. The molecule has 8 heteroatoms. The Hall–Kier alpha value is -2.05. The van der Waals surface area contributed by atoms with Gasteiger partial charge in [-0.05, 0) is 25.0 Å². The lowest BCUT2D eigenvalue weighted by Gasteiger charge is -2.44. The molecular weight excluding hydrogens is 386 g/mol. The third kappa shape index (κ3) is 3.88. The molecule has 4 heterocycles. The standard InChI is InChI=1S/C21H25N5O2S/c22-15-16-1-3-17(4-2-16)19-23-24-20(29-19)26-9-5-18(6-10-26)25-11-7-21(8-12-25)27-13-14-28-21/h1-4,18H,5-14H2. The van der Waals surface area contributed by atoms with Crippen molar-refractivity contribution in [3.8, 4) is 16.6 Å². The molecule has 3 saturated heterocycles. The van der Waals surface area contributed by atoms with Crippen LogP contribution in [0.15, 0.2) is 24.3 Å². The minimum Gasteiger partial charge on any atom is -0.347 e. The molecule has 3 aliphatic rings. The summed E-state index contributed by atoms with van der Waals surface area (Å²) in [6, 6.07) is 10.3.